The summed E-state index contributed by atoms with van der Waals surface area (Å²) in [4.78, 5) is 30.2. The molecule has 0 radical (unpaired) electrons. The smallest absolute Gasteiger partial charge is 0.316 e. The highest BCUT2D eigenvalue weighted by molar-refractivity contribution is 8.00. The first-order chi connectivity index (χ1) is 12.0. The second kappa shape index (κ2) is 7.66. The molecule has 1 aliphatic heterocycles. The van der Waals surface area contributed by atoms with Gasteiger partial charge >= 0.3 is 5.97 Å². The van der Waals surface area contributed by atoms with Gasteiger partial charge in [-0.05, 0) is 26.0 Å². The van der Waals surface area contributed by atoms with Gasteiger partial charge in [0, 0.05) is 11.7 Å². The van der Waals surface area contributed by atoms with Gasteiger partial charge in [0.1, 0.15) is 0 Å². The van der Waals surface area contributed by atoms with Crippen LogP contribution in [-0.2, 0) is 16.0 Å². The summed E-state index contributed by atoms with van der Waals surface area (Å²) in [7, 11) is 0. The van der Waals surface area contributed by atoms with E-state index >= 15 is 0 Å². The third-order valence-corrected chi connectivity index (χ3v) is 5.92. The van der Waals surface area contributed by atoms with Gasteiger partial charge < -0.3 is 4.74 Å². The molecule has 0 fully saturated rings. The number of carbonyl (C=O) groups is 1. The molecule has 0 unspecified atom stereocenters. The molecule has 5 nitrogen and oxygen atoms in total. The van der Waals surface area contributed by atoms with Crippen LogP contribution >= 0.6 is 23.5 Å². The summed E-state index contributed by atoms with van der Waals surface area (Å²) in [5, 5.41) is 0.877. The van der Waals surface area contributed by atoms with Crippen LogP contribution in [-0.4, -0.2) is 33.1 Å². The lowest BCUT2D eigenvalue weighted by atomic mass is 10.2. The summed E-state index contributed by atoms with van der Waals surface area (Å²) in [6.45, 7) is 6.21. The van der Waals surface area contributed by atoms with Gasteiger partial charge in [-0.25, -0.2) is 4.98 Å². The van der Waals surface area contributed by atoms with Crippen LogP contribution < -0.4 is 5.56 Å². The maximum atomic E-state index is 13.1. The van der Waals surface area contributed by atoms with E-state index in [2.05, 4.69) is 6.92 Å². The average molecular weight is 377 g/mol. The zero-order chi connectivity index (χ0) is 18.0. The van der Waals surface area contributed by atoms with Crippen LogP contribution in [0.5, 0.6) is 0 Å². The monoisotopic (exact) mass is 376 g/mol. The fraction of sp³-hybridized carbons (Fsp3) is 0.389. The number of aromatic nitrogens is 2. The standard InChI is InChI=1S/C18H20N2O3S2/c1-4-23-15(21)10-24-18-19-14-9-12(3)25-16(14)17(22)20(18)13-7-5-11(2)6-8-13/h5-8,12H,4,9-10H2,1-3H3/t12-/m0/s1. The predicted octanol–water partition coefficient (Wildman–Crippen LogP) is 3.23. The van der Waals surface area contributed by atoms with Crippen LogP contribution in [0.1, 0.15) is 25.1 Å². The van der Waals surface area contributed by atoms with Gasteiger partial charge in [-0.3, -0.25) is 14.2 Å². The lowest BCUT2D eigenvalue weighted by Gasteiger charge is -2.13. The number of fused-ring (bicyclic) bond motifs is 1. The number of thioether (sulfide) groups is 2. The number of esters is 1. The molecular formula is C18H20N2O3S2. The van der Waals surface area contributed by atoms with Crippen LogP contribution in [0, 0.1) is 6.92 Å². The normalized spacial score (nSPS) is 15.9. The first kappa shape index (κ1) is 18.1. The van der Waals surface area contributed by atoms with E-state index in [9.17, 15) is 9.59 Å². The maximum Gasteiger partial charge on any atom is 0.316 e. The summed E-state index contributed by atoms with van der Waals surface area (Å²) < 4.78 is 6.59. The maximum absolute atomic E-state index is 13.1. The quantitative estimate of drug-likeness (QED) is 0.454. The summed E-state index contributed by atoms with van der Waals surface area (Å²) in [5.74, 6) is -0.173. The Morgan fingerprint density at radius 3 is 2.80 bits per heavy atom. The molecule has 1 aliphatic rings. The Morgan fingerprint density at radius 2 is 2.12 bits per heavy atom. The summed E-state index contributed by atoms with van der Waals surface area (Å²) in [6.07, 6.45) is 0.775. The minimum absolute atomic E-state index is 0.0606. The third kappa shape index (κ3) is 3.93. The van der Waals surface area contributed by atoms with Crippen molar-refractivity contribution >= 4 is 29.5 Å². The molecule has 0 saturated carbocycles. The van der Waals surface area contributed by atoms with Crippen molar-refractivity contribution in [2.24, 2.45) is 0 Å². The Balaban J connectivity index is 2.04. The second-order valence-corrected chi connectivity index (χ2v) is 8.26. The summed E-state index contributed by atoms with van der Waals surface area (Å²) in [5.41, 5.74) is 2.65. The Bertz CT molecular complexity index is 847. The van der Waals surface area contributed by atoms with E-state index < -0.39 is 0 Å². The van der Waals surface area contributed by atoms with E-state index in [4.69, 9.17) is 9.72 Å². The van der Waals surface area contributed by atoms with Gasteiger partial charge in [0.15, 0.2) is 5.16 Å². The number of nitrogens with zero attached hydrogens (tertiary/aromatic N) is 2. The number of rotatable bonds is 5. The zero-order valence-electron chi connectivity index (χ0n) is 14.4. The first-order valence-corrected chi connectivity index (χ1v) is 10.0. The minimum Gasteiger partial charge on any atom is -0.465 e. The van der Waals surface area contributed by atoms with Crippen molar-refractivity contribution in [3.63, 3.8) is 0 Å². The van der Waals surface area contributed by atoms with Crippen molar-refractivity contribution in [2.75, 3.05) is 12.4 Å². The molecule has 1 aromatic carbocycles. The van der Waals surface area contributed by atoms with Gasteiger partial charge in [-0.1, -0.05) is 36.4 Å². The first-order valence-electron chi connectivity index (χ1n) is 8.17. The van der Waals surface area contributed by atoms with Gasteiger partial charge in [-0.15, -0.1) is 11.8 Å². The van der Waals surface area contributed by atoms with E-state index in [1.165, 1.54) is 11.8 Å². The van der Waals surface area contributed by atoms with Gasteiger partial charge in [0.05, 0.1) is 28.6 Å². The van der Waals surface area contributed by atoms with Crippen LogP contribution in [0.3, 0.4) is 0 Å². The number of ether oxygens (including phenoxy) is 1. The lowest BCUT2D eigenvalue weighted by molar-refractivity contribution is -0.139. The van der Waals surface area contributed by atoms with E-state index in [1.807, 2.05) is 31.2 Å². The number of carbonyl (C=O) groups excluding carboxylic acids is 1. The molecule has 0 bridgehead atoms. The molecule has 25 heavy (non-hydrogen) atoms. The molecule has 7 heteroatoms. The number of aryl methyl sites for hydroxylation is 1. The minimum atomic E-state index is -0.305. The van der Waals surface area contributed by atoms with Crippen molar-refractivity contribution in [1.29, 1.82) is 0 Å². The topological polar surface area (TPSA) is 61.2 Å². The van der Waals surface area contributed by atoms with Crippen molar-refractivity contribution in [2.45, 2.75) is 42.5 Å². The number of hydrogen-bond donors (Lipinski definition) is 0. The fourth-order valence-electron chi connectivity index (χ4n) is 2.64. The van der Waals surface area contributed by atoms with Crippen molar-refractivity contribution in [3.8, 4) is 5.69 Å². The Labute approximate surface area is 155 Å². The Hall–Kier alpha value is -1.73. The number of benzene rings is 1. The van der Waals surface area contributed by atoms with Crippen molar-refractivity contribution in [3.05, 3.63) is 45.9 Å². The SMILES string of the molecule is CCOC(=O)CSc1nc2c(c(=O)n1-c1ccc(C)cc1)S[C@@H](C)C2. The molecule has 0 N–H and O–H groups in total. The molecule has 0 spiro atoms. The third-order valence-electron chi connectivity index (χ3n) is 3.80. The number of hydrogen-bond acceptors (Lipinski definition) is 6. The molecule has 1 atom stereocenters. The Kier molecular flexibility index (Phi) is 5.54. The van der Waals surface area contributed by atoms with Gasteiger partial charge in [-0.2, -0.15) is 0 Å². The van der Waals surface area contributed by atoms with Gasteiger partial charge in [0.25, 0.3) is 5.56 Å². The molecule has 2 aromatic rings. The second-order valence-electron chi connectivity index (χ2n) is 5.87. The van der Waals surface area contributed by atoms with E-state index in [0.29, 0.717) is 21.9 Å². The zero-order valence-corrected chi connectivity index (χ0v) is 16.1. The Morgan fingerprint density at radius 1 is 1.40 bits per heavy atom. The van der Waals surface area contributed by atoms with E-state index in [0.717, 1.165) is 23.4 Å². The van der Waals surface area contributed by atoms with Crippen molar-refractivity contribution < 1.29 is 9.53 Å². The van der Waals surface area contributed by atoms with Crippen molar-refractivity contribution in [1.82, 2.24) is 9.55 Å². The van der Waals surface area contributed by atoms with E-state index in [-0.39, 0.29) is 17.3 Å². The molecule has 0 aliphatic carbocycles. The summed E-state index contributed by atoms with van der Waals surface area (Å²) >= 11 is 2.82. The highest BCUT2D eigenvalue weighted by atomic mass is 32.2. The van der Waals surface area contributed by atoms with Crippen LogP contribution in [0.2, 0.25) is 0 Å². The molecule has 2 heterocycles. The highest BCUT2D eigenvalue weighted by Crippen LogP contribution is 2.34. The largest absolute Gasteiger partial charge is 0.465 e. The molecular weight excluding hydrogens is 356 g/mol. The van der Waals surface area contributed by atoms with Crippen LogP contribution in [0.15, 0.2) is 39.1 Å². The van der Waals surface area contributed by atoms with E-state index in [1.54, 1.807) is 23.3 Å². The molecule has 3 rings (SSSR count). The lowest BCUT2D eigenvalue weighted by Crippen LogP contribution is -2.24. The molecule has 0 saturated heterocycles. The van der Waals surface area contributed by atoms with Crippen LogP contribution in [0.4, 0.5) is 0 Å². The molecule has 132 valence electrons. The molecule has 1 aromatic heterocycles. The average Bonchev–Trinajstić information content (AvgIpc) is 2.95. The summed E-state index contributed by atoms with van der Waals surface area (Å²) in [6, 6.07) is 7.74. The van der Waals surface area contributed by atoms with Crippen LogP contribution in [0.25, 0.3) is 5.69 Å². The fourth-order valence-corrected chi connectivity index (χ4v) is 4.57. The predicted molar refractivity (Wildman–Crippen MR) is 101 cm³/mol. The highest BCUT2D eigenvalue weighted by Gasteiger charge is 2.27. The van der Waals surface area contributed by atoms with Gasteiger partial charge in [0.2, 0.25) is 0 Å². The molecule has 0 amide bonds.